The van der Waals surface area contributed by atoms with Crippen LogP contribution in [0.5, 0.6) is 0 Å². The van der Waals surface area contributed by atoms with Crippen molar-refractivity contribution < 1.29 is 9.21 Å². The fourth-order valence-electron chi connectivity index (χ4n) is 0.661. The molecule has 0 aliphatic rings. The van der Waals surface area contributed by atoms with Gasteiger partial charge >= 0.3 is 0 Å². The molecule has 0 aliphatic carbocycles. The monoisotopic (exact) mass is 174 g/mol. The van der Waals surface area contributed by atoms with Crippen LogP contribution in [0.2, 0.25) is 5.02 Å². The quantitative estimate of drug-likeness (QED) is 0.705. The SMILES string of the molecule is CNc1oc(C(N)=O)cc1Cl. The second-order valence-corrected chi connectivity index (χ2v) is 2.31. The normalized spacial score (nSPS) is 9.64. The number of halogens is 1. The third-order valence-corrected chi connectivity index (χ3v) is 1.44. The van der Waals surface area contributed by atoms with E-state index in [1.807, 2.05) is 0 Å². The first-order valence-corrected chi connectivity index (χ1v) is 3.30. The molecule has 1 aromatic heterocycles. The van der Waals surface area contributed by atoms with E-state index in [0.717, 1.165) is 0 Å². The number of hydrogen-bond acceptors (Lipinski definition) is 3. The maximum absolute atomic E-state index is 10.5. The highest BCUT2D eigenvalue weighted by Gasteiger charge is 2.10. The second-order valence-electron chi connectivity index (χ2n) is 1.90. The summed E-state index contributed by atoms with van der Waals surface area (Å²) in [5.41, 5.74) is 4.93. The van der Waals surface area contributed by atoms with E-state index >= 15 is 0 Å². The highest BCUT2D eigenvalue weighted by atomic mass is 35.5. The van der Waals surface area contributed by atoms with Crippen LogP contribution in [0.1, 0.15) is 10.6 Å². The summed E-state index contributed by atoms with van der Waals surface area (Å²) in [6.07, 6.45) is 0. The molecule has 3 N–H and O–H groups in total. The summed E-state index contributed by atoms with van der Waals surface area (Å²) in [5, 5.41) is 3.01. The predicted molar refractivity (Wildman–Crippen MR) is 41.8 cm³/mol. The smallest absolute Gasteiger partial charge is 0.284 e. The first kappa shape index (κ1) is 7.94. The van der Waals surface area contributed by atoms with E-state index < -0.39 is 5.91 Å². The number of amides is 1. The number of nitrogens with two attached hydrogens (primary N) is 1. The lowest BCUT2D eigenvalue weighted by molar-refractivity contribution is 0.0975. The van der Waals surface area contributed by atoms with Gasteiger partial charge in [-0.05, 0) is 0 Å². The zero-order chi connectivity index (χ0) is 8.43. The van der Waals surface area contributed by atoms with Crippen LogP contribution in [-0.2, 0) is 0 Å². The van der Waals surface area contributed by atoms with E-state index in [9.17, 15) is 4.79 Å². The van der Waals surface area contributed by atoms with Crippen LogP contribution in [0.3, 0.4) is 0 Å². The highest BCUT2D eigenvalue weighted by Crippen LogP contribution is 2.24. The number of nitrogens with one attached hydrogen (secondary N) is 1. The van der Waals surface area contributed by atoms with Gasteiger partial charge in [-0.3, -0.25) is 4.79 Å². The average Bonchev–Trinajstić information content (AvgIpc) is 2.31. The predicted octanol–water partition coefficient (Wildman–Crippen LogP) is 1.07. The molecule has 1 amide bonds. The summed E-state index contributed by atoms with van der Waals surface area (Å²) in [6, 6.07) is 1.37. The third kappa shape index (κ3) is 1.46. The fraction of sp³-hybridized carbons (Fsp3) is 0.167. The minimum Gasteiger partial charge on any atom is -0.434 e. The van der Waals surface area contributed by atoms with Gasteiger partial charge in [0, 0.05) is 13.1 Å². The Bertz CT molecular complexity index is 282. The summed E-state index contributed by atoms with van der Waals surface area (Å²) in [7, 11) is 1.63. The lowest BCUT2D eigenvalue weighted by Gasteiger charge is -1.91. The molecule has 1 heterocycles. The second kappa shape index (κ2) is 2.84. The summed E-state index contributed by atoms with van der Waals surface area (Å²) < 4.78 is 4.91. The van der Waals surface area contributed by atoms with Crippen molar-refractivity contribution in [1.29, 1.82) is 0 Å². The van der Waals surface area contributed by atoms with E-state index in [-0.39, 0.29) is 5.76 Å². The van der Waals surface area contributed by atoms with Crippen LogP contribution < -0.4 is 11.1 Å². The number of anilines is 1. The van der Waals surface area contributed by atoms with Crippen molar-refractivity contribution in [3.63, 3.8) is 0 Å². The van der Waals surface area contributed by atoms with Gasteiger partial charge in [-0.1, -0.05) is 11.6 Å². The first-order chi connectivity index (χ1) is 5.15. The van der Waals surface area contributed by atoms with Crippen molar-refractivity contribution in [2.45, 2.75) is 0 Å². The molecule has 0 spiro atoms. The Morgan fingerprint density at radius 1 is 1.82 bits per heavy atom. The van der Waals surface area contributed by atoms with Crippen LogP contribution in [0.15, 0.2) is 10.5 Å². The van der Waals surface area contributed by atoms with Gasteiger partial charge < -0.3 is 15.5 Å². The lowest BCUT2D eigenvalue weighted by Crippen LogP contribution is -2.09. The van der Waals surface area contributed by atoms with Gasteiger partial charge in [0.25, 0.3) is 5.91 Å². The standard InChI is InChI=1S/C6H7ClN2O2/c1-9-6-3(7)2-4(11-6)5(8)10/h2,9H,1H3,(H2,8,10). The molecule has 0 atom stereocenters. The van der Waals surface area contributed by atoms with Crippen molar-refractivity contribution in [3.05, 3.63) is 16.8 Å². The molecule has 0 unspecified atom stereocenters. The van der Waals surface area contributed by atoms with Crippen LogP contribution in [0, 0.1) is 0 Å². The Hall–Kier alpha value is -1.16. The van der Waals surface area contributed by atoms with Crippen LogP contribution in [-0.4, -0.2) is 13.0 Å². The van der Waals surface area contributed by atoms with E-state index in [1.54, 1.807) is 7.05 Å². The molecule has 0 aromatic carbocycles. The number of furan rings is 1. The van der Waals surface area contributed by atoms with Crippen LogP contribution in [0.25, 0.3) is 0 Å². The molecular weight excluding hydrogens is 168 g/mol. The van der Waals surface area contributed by atoms with Gasteiger partial charge in [-0.2, -0.15) is 0 Å². The zero-order valence-electron chi connectivity index (χ0n) is 5.85. The van der Waals surface area contributed by atoms with Crippen molar-refractivity contribution in [2.75, 3.05) is 12.4 Å². The topological polar surface area (TPSA) is 68.3 Å². The molecule has 0 aliphatic heterocycles. The number of carbonyl (C=O) groups excluding carboxylic acids is 1. The van der Waals surface area contributed by atoms with Gasteiger partial charge in [0.1, 0.15) is 5.02 Å². The molecule has 0 radical (unpaired) electrons. The van der Waals surface area contributed by atoms with Gasteiger partial charge in [-0.25, -0.2) is 0 Å². The Kier molecular flexibility index (Phi) is 2.05. The number of carbonyl (C=O) groups is 1. The molecule has 60 valence electrons. The molecule has 0 fully saturated rings. The van der Waals surface area contributed by atoms with E-state index in [4.69, 9.17) is 21.8 Å². The average molecular weight is 175 g/mol. The lowest BCUT2D eigenvalue weighted by atomic mass is 10.4. The summed E-state index contributed by atoms with van der Waals surface area (Å²) in [6.45, 7) is 0. The van der Waals surface area contributed by atoms with Crippen molar-refractivity contribution >= 4 is 23.4 Å². The van der Waals surface area contributed by atoms with Crippen molar-refractivity contribution in [2.24, 2.45) is 5.73 Å². The fourth-order valence-corrected chi connectivity index (χ4v) is 0.893. The summed E-state index contributed by atoms with van der Waals surface area (Å²) in [5.74, 6) is -0.229. The number of rotatable bonds is 2. The highest BCUT2D eigenvalue weighted by molar-refractivity contribution is 6.33. The van der Waals surface area contributed by atoms with Gasteiger partial charge in [0.05, 0.1) is 0 Å². The van der Waals surface area contributed by atoms with Gasteiger partial charge in [0.15, 0.2) is 5.76 Å². The molecule has 0 saturated carbocycles. The number of primary amides is 1. The van der Waals surface area contributed by atoms with Crippen LogP contribution >= 0.6 is 11.6 Å². The Morgan fingerprint density at radius 3 is 2.73 bits per heavy atom. The Labute approximate surface area is 68.3 Å². The van der Waals surface area contributed by atoms with Crippen molar-refractivity contribution in [1.82, 2.24) is 0 Å². The maximum Gasteiger partial charge on any atom is 0.284 e. The number of hydrogen-bond donors (Lipinski definition) is 2. The maximum atomic E-state index is 10.5. The molecule has 0 bridgehead atoms. The van der Waals surface area contributed by atoms with Gasteiger partial charge in [0.2, 0.25) is 5.88 Å². The van der Waals surface area contributed by atoms with E-state index in [0.29, 0.717) is 10.9 Å². The first-order valence-electron chi connectivity index (χ1n) is 2.92. The Balaban J connectivity index is 3.05. The molecule has 1 rings (SSSR count). The summed E-state index contributed by atoms with van der Waals surface area (Å²) in [4.78, 5) is 10.5. The van der Waals surface area contributed by atoms with Crippen LogP contribution in [0.4, 0.5) is 5.88 Å². The molecule has 11 heavy (non-hydrogen) atoms. The molecular formula is C6H7ClN2O2. The minimum absolute atomic E-state index is 0.0550. The molecule has 4 nitrogen and oxygen atoms in total. The summed E-state index contributed by atoms with van der Waals surface area (Å²) >= 11 is 5.63. The van der Waals surface area contributed by atoms with Crippen molar-refractivity contribution in [3.8, 4) is 0 Å². The van der Waals surface area contributed by atoms with E-state index in [2.05, 4.69) is 5.32 Å². The Morgan fingerprint density at radius 2 is 2.45 bits per heavy atom. The molecule has 5 heteroatoms. The van der Waals surface area contributed by atoms with Gasteiger partial charge in [-0.15, -0.1) is 0 Å². The third-order valence-electron chi connectivity index (χ3n) is 1.16. The molecule has 1 aromatic rings. The van der Waals surface area contributed by atoms with E-state index in [1.165, 1.54) is 6.07 Å². The molecule has 0 saturated heterocycles. The minimum atomic E-state index is -0.631. The largest absolute Gasteiger partial charge is 0.434 e. The zero-order valence-corrected chi connectivity index (χ0v) is 6.61.